The average Bonchev–Trinajstić information content (AvgIpc) is 2.09. The van der Waals surface area contributed by atoms with Gasteiger partial charge in [0.1, 0.15) is 5.82 Å². The van der Waals surface area contributed by atoms with Gasteiger partial charge in [-0.05, 0) is 24.6 Å². The monoisotopic (exact) mass is 205 g/mol. The molecular formula is C9H10ClF2N. The van der Waals surface area contributed by atoms with Crippen LogP contribution in [0.25, 0.3) is 0 Å². The SMILES string of the molecule is FCCCNc1ccc(F)cc1Cl. The van der Waals surface area contributed by atoms with Gasteiger partial charge in [-0.15, -0.1) is 0 Å². The zero-order valence-electron chi connectivity index (χ0n) is 6.99. The predicted molar refractivity (Wildman–Crippen MR) is 50.5 cm³/mol. The number of hydrogen-bond donors (Lipinski definition) is 1. The second-order valence-corrected chi connectivity index (χ2v) is 3.00. The van der Waals surface area contributed by atoms with Gasteiger partial charge in [0.25, 0.3) is 0 Å². The third kappa shape index (κ3) is 3.19. The van der Waals surface area contributed by atoms with Gasteiger partial charge in [-0.2, -0.15) is 0 Å². The van der Waals surface area contributed by atoms with Crippen LogP contribution in [0.4, 0.5) is 14.5 Å². The molecule has 0 aliphatic heterocycles. The minimum absolute atomic E-state index is 0.318. The van der Waals surface area contributed by atoms with Gasteiger partial charge in [0.15, 0.2) is 0 Å². The van der Waals surface area contributed by atoms with E-state index in [0.29, 0.717) is 23.7 Å². The highest BCUT2D eigenvalue weighted by Crippen LogP contribution is 2.21. The minimum Gasteiger partial charge on any atom is -0.384 e. The summed E-state index contributed by atoms with van der Waals surface area (Å²) in [5, 5.41) is 3.22. The molecular weight excluding hydrogens is 196 g/mol. The Morgan fingerprint density at radius 3 is 2.77 bits per heavy atom. The third-order valence-electron chi connectivity index (χ3n) is 1.56. The molecule has 72 valence electrons. The summed E-state index contributed by atoms with van der Waals surface area (Å²) in [5.41, 5.74) is 0.636. The van der Waals surface area contributed by atoms with Crippen molar-refractivity contribution in [2.24, 2.45) is 0 Å². The Hall–Kier alpha value is -0.830. The number of anilines is 1. The smallest absolute Gasteiger partial charge is 0.124 e. The first-order chi connectivity index (χ1) is 6.24. The summed E-state index contributed by atoms with van der Waals surface area (Å²) < 4.78 is 24.3. The molecule has 0 radical (unpaired) electrons. The van der Waals surface area contributed by atoms with Crippen LogP contribution in [0.2, 0.25) is 5.02 Å². The number of alkyl halides is 1. The van der Waals surface area contributed by atoms with Gasteiger partial charge < -0.3 is 5.32 Å². The number of rotatable bonds is 4. The maximum atomic E-state index is 12.6. The highest BCUT2D eigenvalue weighted by atomic mass is 35.5. The Morgan fingerprint density at radius 1 is 1.38 bits per heavy atom. The van der Waals surface area contributed by atoms with E-state index in [9.17, 15) is 8.78 Å². The van der Waals surface area contributed by atoms with E-state index in [0.717, 1.165) is 0 Å². The first-order valence-corrected chi connectivity index (χ1v) is 4.36. The second kappa shape index (κ2) is 5.02. The molecule has 1 aromatic carbocycles. The molecule has 1 rings (SSSR count). The van der Waals surface area contributed by atoms with Crippen LogP contribution in [0, 0.1) is 5.82 Å². The summed E-state index contributed by atoms with van der Waals surface area (Å²) in [6.07, 6.45) is 0.424. The van der Waals surface area contributed by atoms with Crippen LogP contribution in [-0.4, -0.2) is 13.2 Å². The Morgan fingerprint density at radius 2 is 2.15 bits per heavy atom. The van der Waals surface area contributed by atoms with Crippen LogP contribution < -0.4 is 5.32 Å². The van der Waals surface area contributed by atoms with E-state index in [1.807, 2.05) is 0 Å². The Labute approximate surface area is 80.7 Å². The maximum absolute atomic E-state index is 12.6. The molecule has 0 aromatic heterocycles. The number of hydrogen-bond acceptors (Lipinski definition) is 1. The quantitative estimate of drug-likeness (QED) is 0.744. The Balaban J connectivity index is 2.56. The molecule has 0 aliphatic carbocycles. The lowest BCUT2D eigenvalue weighted by Crippen LogP contribution is -2.02. The first kappa shape index (κ1) is 10.3. The van der Waals surface area contributed by atoms with Crippen LogP contribution in [0.15, 0.2) is 18.2 Å². The van der Waals surface area contributed by atoms with Crippen LogP contribution in [-0.2, 0) is 0 Å². The largest absolute Gasteiger partial charge is 0.384 e. The van der Waals surface area contributed by atoms with Crippen molar-refractivity contribution in [3.8, 4) is 0 Å². The molecule has 0 atom stereocenters. The van der Waals surface area contributed by atoms with Crippen molar-refractivity contribution in [1.29, 1.82) is 0 Å². The summed E-state index contributed by atoms with van der Waals surface area (Å²) in [6.45, 7) is 0.133. The summed E-state index contributed by atoms with van der Waals surface area (Å²) in [5.74, 6) is -0.374. The zero-order valence-corrected chi connectivity index (χ0v) is 7.74. The van der Waals surface area contributed by atoms with Crippen LogP contribution >= 0.6 is 11.6 Å². The molecule has 0 aliphatic rings. The Bertz CT molecular complexity index is 278. The fourth-order valence-electron chi connectivity index (χ4n) is 0.923. The van der Waals surface area contributed by atoms with Gasteiger partial charge in [0.05, 0.1) is 17.4 Å². The minimum atomic E-state index is -0.374. The van der Waals surface area contributed by atoms with Crippen molar-refractivity contribution in [1.82, 2.24) is 0 Å². The van der Waals surface area contributed by atoms with Gasteiger partial charge in [0, 0.05) is 6.54 Å². The molecule has 1 aromatic rings. The Kier molecular flexibility index (Phi) is 3.96. The highest BCUT2D eigenvalue weighted by Gasteiger charge is 2.00. The highest BCUT2D eigenvalue weighted by molar-refractivity contribution is 6.33. The fraction of sp³-hybridized carbons (Fsp3) is 0.333. The molecule has 0 heterocycles. The lowest BCUT2D eigenvalue weighted by molar-refractivity contribution is 0.481. The first-order valence-electron chi connectivity index (χ1n) is 3.99. The van der Waals surface area contributed by atoms with E-state index in [1.165, 1.54) is 18.2 Å². The van der Waals surface area contributed by atoms with Crippen molar-refractivity contribution in [2.45, 2.75) is 6.42 Å². The van der Waals surface area contributed by atoms with E-state index in [-0.39, 0.29) is 12.5 Å². The molecule has 0 bridgehead atoms. The lowest BCUT2D eigenvalue weighted by atomic mass is 10.3. The number of benzene rings is 1. The molecule has 4 heteroatoms. The predicted octanol–water partition coefficient (Wildman–Crippen LogP) is 3.25. The molecule has 0 spiro atoms. The number of halogens is 3. The van der Waals surface area contributed by atoms with Gasteiger partial charge in [-0.1, -0.05) is 11.6 Å². The summed E-state index contributed by atoms with van der Waals surface area (Å²) in [4.78, 5) is 0. The zero-order chi connectivity index (χ0) is 9.68. The standard InChI is InChI=1S/C9H10ClF2N/c10-8-6-7(12)2-3-9(8)13-5-1-4-11/h2-3,6,13H,1,4-5H2. The van der Waals surface area contributed by atoms with E-state index in [2.05, 4.69) is 5.32 Å². The van der Waals surface area contributed by atoms with Crippen LogP contribution in [0.1, 0.15) is 6.42 Å². The van der Waals surface area contributed by atoms with Crippen molar-refractivity contribution < 1.29 is 8.78 Å². The summed E-state index contributed by atoms with van der Waals surface area (Å²) in [7, 11) is 0. The molecule has 1 nitrogen and oxygen atoms in total. The van der Waals surface area contributed by atoms with Crippen LogP contribution in [0.5, 0.6) is 0 Å². The average molecular weight is 206 g/mol. The van der Waals surface area contributed by atoms with Crippen molar-refractivity contribution in [3.63, 3.8) is 0 Å². The summed E-state index contributed by atoms with van der Waals surface area (Å²) in [6, 6.07) is 4.07. The molecule has 1 N–H and O–H groups in total. The van der Waals surface area contributed by atoms with E-state index < -0.39 is 0 Å². The molecule has 0 saturated carbocycles. The van der Waals surface area contributed by atoms with Gasteiger partial charge >= 0.3 is 0 Å². The van der Waals surface area contributed by atoms with E-state index in [4.69, 9.17) is 11.6 Å². The van der Waals surface area contributed by atoms with Crippen molar-refractivity contribution >= 4 is 17.3 Å². The van der Waals surface area contributed by atoms with Gasteiger partial charge in [-0.3, -0.25) is 4.39 Å². The third-order valence-corrected chi connectivity index (χ3v) is 1.87. The van der Waals surface area contributed by atoms with Gasteiger partial charge in [0.2, 0.25) is 0 Å². The van der Waals surface area contributed by atoms with Gasteiger partial charge in [-0.25, -0.2) is 4.39 Å². The maximum Gasteiger partial charge on any atom is 0.124 e. The molecule has 0 amide bonds. The van der Waals surface area contributed by atoms with Crippen LogP contribution in [0.3, 0.4) is 0 Å². The van der Waals surface area contributed by atoms with Crippen molar-refractivity contribution in [2.75, 3.05) is 18.5 Å². The summed E-state index contributed by atoms with van der Waals surface area (Å²) >= 11 is 5.71. The molecule has 0 unspecified atom stereocenters. The van der Waals surface area contributed by atoms with E-state index in [1.54, 1.807) is 0 Å². The van der Waals surface area contributed by atoms with Crippen molar-refractivity contribution in [3.05, 3.63) is 29.0 Å². The number of nitrogens with one attached hydrogen (secondary N) is 1. The normalized spacial score (nSPS) is 10.1. The second-order valence-electron chi connectivity index (χ2n) is 2.59. The molecule has 0 saturated heterocycles. The fourth-order valence-corrected chi connectivity index (χ4v) is 1.16. The molecule has 13 heavy (non-hydrogen) atoms. The van der Waals surface area contributed by atoms with E-state index >= 15 is 0 Å². The molecule has 0 fully saturated rings. The lowest BCUT2D eigenvalue weighted by Gasteiger charge is -2.06. The topological polar surface area (TPSA) is 12.0 Å².